The Morgan fingerprint density at radius 3 is 2.47 bits per heavy atom. The standard InChI is InChI=1S/C19H17F4N7O2/c20-12-2-1-11(16(24)31)9-13(12)25-17(32)10-5-7-29(8-6-10)15-4-3-14-26-27-18(19(21,22)23)30(14)28-15/h1-4,9-10H,5-8H2,(H2,24,31)(H,25,32). The van der Waals surface area contributed by atoms with Crippen molar-refractivity contribution in [2.75, 3.05) is 23.3 Å². The number of hydrogen-bond donors (Lipinski definition) is 2. The molecule has 9 nitrogen and oxygen atoms in total. The Morgan fingerprint density at radius 2 is 1.81 bits per heavy atom. The van der Waals surface area contributed by atoms with E-state index in [0.717, 1.165) is 6.07 Å². The lowest BCUT2D eigenvalue weighted by Gasteiger charge is -2.32. The number of anilines is 2. The highest BCUT2D eigenvalue weighted by Gasteiger charge is 2.38. The van der Waals surface area contributed by atoms with Crippen molar-refractivity contribution in [1.29, 1.82) is 0 Å². The summed E-state index contributed by atoms with van der Waals surface area (Å²) in [4.78, 5) is 25.6. The third-order valence-corrected chi connectivity index (χ3v) is 5.20. The molecule has 1 fully saturated rings. The first-order chi connectivity index (χ1) is 15.1. The van der Waals surface area contributed by atoms with E-state index in [9.17, 15) is 27.2 Å². The Kier molecular flexibility index (Phi) is 5.40. The summed E-state index contributed by atoms with van der Waals surface area (Å²) in [6.45, 7) is 0.702. The highest BCUT2D eigenvalue weighted by molar-refractivity contribution is 5.97. The molecule has 0 saturated carbocycles. The van der Waals surface area contributed by atoms with Crippen LogP contribution in [0.1, 0.15) is 29.0 Å². The van der Waals surface area contributed by atoms with Crippen LogP contribution in [0.25, 0.3) is 5.65 Å². The first kappa shape index (κ1) is 21.5. The van der Waals surface area contributed by atoms with Gasteiger partial charge in [0.05, 0.1) is 5.69 Å². The van der Waals surface area contributed by atoms with E-state index in [0.29, 0.717) is 36.3 Å². The van der Waals surface area contributed by atoms with Gasteiger partial charge in [0.1, 0.15) is 11.6 Å². The van der Waals surface area contributed by atoms with Crippen molar-refractivity contribution >= 4 is 29.0 Å². The topological polar surface area (TPSA) is 119 Å². The highest BCUT2D eigenvalue weighted by atomic mass is 19.4. The Balaban J connectivity index is 1.44. The van der Waals surface area contributed by atoms with Gasteiger partial charge in [-0.15, -0.1) is 15.3 Å². The maximum Gasteiger partial charge on any atom is 0.453 e. The first-order valence-electron chi connectivity index (χ1n) is 9.58. The van der Waals surface area contributed by atoms with Crippen LogP contribution in [0.3, 0.4) is 0 Å². The van der Waals surface area contributed by atoms with Gasteiger partial charge in [-0.3, -0.25) is 9.59 Å². The third-order valence-electron chi connectivity index (χ3n) is 5.20. The van der Waals surface area contributed by atoms with Crippen LogP contribution in [0.2, 0.25) is 0 Å². The van der Waals surface area contributed by atoms with Gasteiger partial charge in [-0.25, -0.2) is 4.39 Å². The van der Waals surface area contributed by atoms with Crippen molar-refractivity contribution in [2.45, 2.75) is 19.0 Å². The van der Waals surface area contributed by atoms with Crippen LogP contribution in [-0.4, -0.2) is 44.7 Å². The van der Waals surface area contributed by atoms with E-state index in [1.54, 1.807) is 4.90 Å². The van der Waals surface area contributed by atoms with Gasteiger partial charge in [0.25, 0.3) is 5.82 Å². The molecule has 13 heteroatoms. The van der Waals surface area contributed by atoms with Crippen LogP contribution < -0.4 is 16.0 Å². The lowest BCUT2D eigenvalue weighted by molar-refractivity contribution is -0.146. The Bertz CT molecular complexity index is 1190. The molecular weight excluding hydrogens is 434 g/mol. The van der Waals surface area contributed by atoms with Crippen LogP contribution in [0, 0.1) is 11.7 Å². The second-order valence-corrected chi connectivity index (χ2v) is 7.29. The summed E-state index contributed by atoms with van der Waals surface area (Å²) in [5.74, 6) is -3.25. The number of carbonyl (C=O) groups excluding carboxylic acids is 2. The highest BCUT2D eigenvalue weighted by Crippen LogP contribution is 2.29. The monoisotopic (exact) mass is 451 g/mol. The average molecular weight is 451 g/mol. The SMILES string of the molecule is NC(=O)c1ccc(F)c(NC(=O)C2CCN(c3ccc4nnc(C(F)(F)F)n4n3)CC2)c1. The molecule has 0 spiro atoms. The summed E-state index contributed by atoms with van der Waals surface area (Å²) in [5, 5.41) is 13.1. The number of primary amides is 1. The molecule has 4 rings (SSSR count). The van der Waals surface area contributed by atoms with Crippen molar-refractivity contribution in [3.8, 4) is 0 Å². The van der Waals surface area contributed by atoms with Gasteiger partial charge in [-0.2, -0.15) is 17.7 Å². The Morgan fingerprint density at radius 1 is 1.09 bits per heavy atom. The lowest BCUT2D eigenvalue weighted by atomic mass is 9.95. The number of nitrogens with two attached hydrogens (primary N) is 1. The van der Waals surface area contributed by atoms with Crippen molar-refractivity contribution in [1.82, 2.24) is 19.8 Å². The second kappa shape index (κ2) is 8.05. The molecule has 1 aliphatic rings. The molecule has 1 aliphatic heterocycles. The number of piperidine rings is 1. The minimum absolute atomic E-state index is 0.0319. The number of nitrogens with zero attached hydrogens (tertiary/aromatic N) is 5. The summed E-state index contributed by atoms with van der Waals surface area (Å²) in [6, 6.07) is 6.35. The van der Waals surface area contributed by atoms with Crippen LogP contribution in [0.4, 0.5) is 29.1 Å². The number of aromatic nitrogens is 4. The van der Waals surface area contributed by atoms with Crippen molar-refractivity contribution in [3.63, 3.8) is 0 Å². The minimum atomic E-state index is -4.70. The summed E-state index contributed by atoms with van der Waals surface area (Å²) >= 11 is 0. The molecular formula is C19H17F4N7O2. The van der Waals surface area contributed by atoms with Gasteiger partial charge < -0.3 is 16.0 Å². The largest absolute Gasteiger partial charge is 0.453 e. The molecule has 168 valence electrons. The molecule has 0 radical (unpaired) electrons. The molecule has 2 amide bonds. The molecule has 1 aromatic carbocycles. The lowest BCUT2D eigenvalue weighted by Crippen LogP contribution is -2.39. The van der Waals surface area contributed by atoms with Crippen molar-refractivity contribution in [3.05, 3.63) is 47.5 Å². The number of amides is 2. The van der Waals surface area contributed by atoms with E-state index in [4.69, 9.17) is 5.73 Å². The molecule has 0 aliphatic carbocycles. The van der Waals surface area contributed by atoms with Gasteiger partial charge in [0.15, 0.2) is 5.65 Å². The van der Waals surface area contributed by atoms with Crippen molar-refractivity contribution in [2.24, 2.45) is 11.7 Å². The van der Waals surface area contributed by atoms with Crippen LogP contribution in [0.5, 0.6) is 0 Å². The number of benzene rings is 1. The molecule has 1 saturated heterocycles. The maximum atomic E-state index is 14.0. The van der Waals surface area contributed by atoms with E-state index in [-0.39, 0.29) is 16.9 Å². The maximum absolute atomic E-state index is 14.0. The predicted molar refractivity (Wildman–Crippen MR) is 104 cm³/mol. The fourth-order valence-electron chi connectivity index (χ4n) is 3.50. The summed E-state index contributed by atoms with van der Waals surface area (Å²) in [6.07, 6.45) is -3.95. The van der Waals surface area contributed by atoms with Crippen LogP contribution in [0.15, 0.2) is 30.3 Å². The molecule has 0 bridgehead atoms. The van der Waals surface area contributed by atoms with E-state index < -0.39 is 35.6 Å². The molecule has 0 atom stereocenters. The molecule has 0 unspecified atom stereocenters. The van der Waals surface area contributed by atoms with E-state index >= 15 is 0 Å². The Labute approximate surface area is 178 Å². The zero-order valence-corrected chi connectivity index (χ0v) is 16.4. The molecule has 3 N–H and O–H groups in total. The predicted octanol–water partition coefficient (Wildman–Crippen LogP) is 2.24. The quantitative estimate of drug-likeness (QED) is 0.588. The fourth-order valence-corrected chi connectivity index (χ4v) is 3.50. The molecule has 2 aromatic heterocycles. The number of halogens is 4. The third kappa shape index (κ3) is 4.18. The van der Waals surface area contributed by atoms with Gasteiger partial charge in [0, 0.05) is 24.6 Å². The summed E-state index contributed by atoms with van der Waals surface area (Å²) in [5.41, 5.74) is 5.06. The van der Waals surface area contributed by atoms with Gasteiger partial charge in [-0.05, 0) is 43.2 Å². The zero-order chi connectivity index (χ0) is 23.0. The number of hydrogen-bond acceptors (Lipinski definition) is 6. The summed E-state index contributed by atoms with van der Waals surface area (Å²) in [7, 11) is 0. The van der Waals surface area contributed by atoms with E-state index in [1.165, 1.54) is 24.3 Å². The average Bonchev–Trinajstić information content (AvgIpc) is 3.19. The van der Waals surface area contributed by atoms with Gasteiger partial charge in [0.2, 0.25) is 11.8 Å². The second-order valence-electron chi connectivity index (χ2n) is 7.29. The number of alkyl halides is 3. The first-order valence-corrected chi connectivity index (χ1v) is 9.58. The minimum Gasteiger partial charge on any atom is -0.366 e. The number of fused-ring (bicyclic) bond motifs is 1. The Hall–Kier alpha value is -3.77. The smallest absolute Gasteiger partial charge is 0.366 e. The van der Waals surface area contributed by atoms with Gasteiger partial charge in [-0.1, -0.05) is 0 Å². The zero-order valence-electron chi connectivity index (χ0n) is 16.4. The van der Waals surface area contributed by atoms with Crippen molar-refractivity contribution < 1.29 is 27.2 Å². The fraction of sp³-hybridized carbons (Fsp3) is 0.316. The number of rotatable bonds is 4. The number of nitrogens with one attached hydrogen (secondary N) is 1. The molecule has 3 heterocycles. The molecule has 3 aromatic rings. The molecule has 32 heavy (non-hydrogen) atoms. The van der Waals surface area contributed by atoms with Gasteiger partial charge >= 0.3 is 6.18 Å². The number of carbonyl (C=O) groups is 2. The van der Waals surface area contributed by atoms with Crippen LogP contribution in [-0.2, 0) is 11.0 Å². The summed E-state index contributed by atoms with van der Waals surface area (Å²) < 4.78 is 53.8. The normalized spacial score (nSPS) is 15.2. The van der Waals surface area contributed by atoms with E-state index in [2.05, 4.69) is 20.6 Å². The van der Waals surface area contributed by atoms with E-state index in [1.807, 2.05) is 0 Å². The van der Waals surface area contributed by atoms with Crippen LogP contribution >= 0.6 is 0 Å².